The van der Waals surface area contributed by atoms with Gasteiger partial charge in [-0.05, 0) is 56.3 Å². The molecule has 1 aromatic rings. The minimum Gasteiger partial charge on any atom is -0.339 e. The summed E-state index contributed by atoms with van der Waals surface area (Å²) in [6.07, 6.45) is 8.37. The maximum atomic E-state index is 5.56. The van der Waals surface area contributed by atoms with E-state index in [1.165, 1.54) is 38.5 Å². The van der Waals surface area contributed by atoms with Gasteiger partial charge < -0.3 is 9.84 Å². The highest BCUT2D eigenvalue weighted by Crippen LogP contribution is 2.60. The highest BCUT2D eigenvalue weighted by atomic mass is 16.5. The van der Waals surface area contributed by atoms with Crippen molar-refractivity contribution in [3.63, 3.8) is 0 Å². The van der Waals surface area contributed by atoms with Gasteiger partial charge in [0.1, 0.15) is 0 Å². The van der Waals surface area contributed by atoms with E-state index >= 15 is 0 Å². The van der Waals surface area contributed by atoms with E-state index in [4.69, 9.17) is 9.51 Å². The Balaban J connectivity index is 1.49. The van der Waals surface area contributed by atoms with Crippen LogP contribution in [0.5, 0.6) is 0 Å². The smallest absolute Gasteiger partial charge is 0.232 e. The first kappa shape index (κ1) is 10.8. The van der Waals surface area contributed by atoms with Gasteiger partial charge in [0.25, 0.3) is 0 Å². The van der Waals surface area contributed by atoms with E-state index in [0.717, 1.165) is 42.6 Å². The summed E-state index contributed by atoms with van der Waals surface area (Å²) in [7, 11) is 0. The van der Waals surface area contributed by atoms with Crippen LogP contribution in [0.3, 0.4) is 0 Å². The normalized spacial score (nSPS) is 44.5. The van der Waals surface area contributed by atoms with Crippen molar-refractivity contribution in [2.45, 2.75) is 49.9 Å². The van der Waals surface area contributed by atoms with Gasteiger partial charge in [-0.2, -0.15) is 4.98 Å². The topological polar surface area (TPSA) is 51.0 Å². The van der Waals surface area contributed by atoms with Crippen molar-refractivity contribution in [2.24, 2.45) is 17.8 Å². The number of nitrogens with zero attached hydrogens (tertiary/aromatic N) is 2. The Morgan fingerprint density at radius 2 is 1.63 bits per heavy atom. The first-order valence-corrected chi connectivity index (χ1v) is 7.85. The largest absolute Gasteiger partial charge is 0.339 e. The van der Waals surface area contributed by atoms with Crippen LogP contribution in [0.1, 0.15) is 56.2 Å². The number of hydrogen-bond donors (Lipinski definition) is 1. The number of aromatic nitrogens is 2. The molecule has 1 saturated heterocycles. The molecule has 1 aromatic heterocycles. The van der Waals surface area contributed by atoms with E-state index in [9.17, 15) is 0 Å². The molecule has 0 radical (unpaired) electrons. The van der Waals surface area contributed by atoms with Gasteiger partial charge in [0.15, 0.2) is 5.82 Å². The molecular weight excluding hydrogens is 238 g/mol. The molecule has 1 aliphatic heterocycles. The quantitative estimate of drug-likeness (QED) is 0.885. The molecule has 6 rings (SSSR count). The standard InChI is InChI=1S/C15H21N3O/c1-9-2-11-3-10(1)5-15(4-9,6-11)14-17-13(19-18-14)12-7-16-8-12/h9-12,16H,1-8H2. The van der Waals surface area contributed by atoms with Crippen LogP contribution in [0.2, 0.25) is 0 Å². The first-order valence-electron chi connectivity index (χ1n) is 7.85. The summed E-state index contributed by atoms with van der Waals surface area (Å²) >= 11 is 0. The summed E-state index contributed by atoms with van der Waals surface area (Å²) < 4.78 is 5.56. The van der Waals surface area contributed by atoms with Gasteiger partial charge in [-0.3, -0.25) is 0 Å². The molecule has 0 aromatic carbocycles. The van der Waals surface area contributed by atoms with Crippen LogP contribution in [-0.4, -0.2) is 23.2 Å². The van der Waals surface area contributed by atoms with Gasteiger partial charge >= 0.3 is 0 Å². The molecule has 2 heterocycles. The highest BCUT2D eigenvalue weighted by molar-refractivity contribution is 5.17. The molecule has 4 bridgehead atoms. The first-order chi connectivity index (χ1) is 9.31. The zero-order valence-corrected chi connectivity index (χ0v) is 11.3. The predicted molar refractivity (Wildman–Crippen MR) is 69.8 cm³/mol. The number of hydrogen-bond acceptors (Lipinski definition) is 4. The molecule has 4 saturated carbocycles. The second kappa shape index (κ2) is 3.60. The van der Waals surface area contributed by atoms with Gasteiger partial charge in [-0.25, -0.2) is 0 Å². The van der Waals surface area contributed by atoms with Crippen LogP contribution in [0, 0.1) is 17.8 Å². The monoisotopic (exact) mass is 259 g/mol. The van der Waals surface area contributed by atoms with Crippen molar-refractivity contribution < 1.29 is 4.52 Å². The van der Waals surface area contributed by atoms with Gasteiger partial charge in [-0.15, -0.1) is 0 Å². The minimum absolute atomic E-state index is 0.285. The zero-order chi connectivity index (χ0) is 12.4. The second-order valence-corrected chi connectivity index (χ2v) is 7.51. The van der Waals surface area contributed by atoms with Crippen LogP contribution in [0.25, 0.3) is 0 Å². The third-order valence-corrected chi connectivity index (χ3v) is 6.09. The molecule has 4 aliphatic carbocycles. The van der Waals surface area contributed by atoms with Crippen molar-refractivity contribution in [1.82, 2.24) is 15.5 Å². The molecule has 0 atom stereocenters. The molecule has 5 fully saturated rings. The maximum absolute atomic E-state index is 5.56. The van der Waals surface area contributed by atoms with E-state index < -0.39 is 0 Å². The summed E-state index contributed by atoms with van der Waals surface area (Å²) in [5, 5.41) is 7.67. The van der Waals surface area contributed by atoms with Crippen molar-refractivity contribution >= 4 is 0 Å². The zero-order valence-electron chi connectivity index (χ0n) is 11.3. The Kier molecular flexibility index (Phi) is 2.05. The number of nitrogens with one attached hydrogen (secondary N) is 1. The molecule has 0 spiro atoms. The van der Waals surface area contributed by atoms with E-state index in [2.05, 4.69) is 10.5 Å². The summed E-state index contributed by atoms with van der Waals surface area (Å²) in [5.74, 6) is 5.23. The molecule has 19 heavy (non-hydrogen) atoms. The molecule has 0 unspecified atom stereocenters. The van der Waals surface area contributed by atoms with Crippen LogP contribution >= 0.6 is 0 Å². The van der Waals surface area contributed by atoms with Crippen molar-refractivity contribution in [3.05, 3.63) is 11.7 Å². The number of rotatable bonds is 2. The summed E-state index contributed by atoms with van der Waals surface area (Å²) in [5.41, 5.74) is 0.285. The lowest BCUT2D eigenvalue weighted by atomic mass is 9.49. The Labute approximate surface area is 113 Å². The minimum atomic E-state index is 0.285. The van der Waals surface area contributed by atoms with Gasteiger partial charge in [-0.1, -0.05) is 5.16 Å². The van der Waals surface area contributed by atoms with Crippen molar-refractivity contribution in [2.75, 3.05) is 13.1 Å². The van der Waals surface area contributed by atoms with E-state index in [-0.39, 0.29) is 5.41 Å². The lowest BCUT2D eigenvalue weighted by Crippen LogP contribution is -2.49. The lowest BCUT2D eigenvalue weighted by molar-refractivity contribution is -0.0103. The van der Waals surface area contributed by atoms with Gasteiger partial charge in [0.2, 0.25) is 5.89 Å². The van der Waals surface area contributed by atoms with E-state index in [0.29, 0.717) is 5.92 Å². The average Bonchev–Trinajstić information content (AvgIpc) is 2.74. The SMILES string of the molecule is C1C2CC3CC1CC(c1noc(C4CNC4)n1)(C2)C3. The van der Waals surface area contributed by atoms with Crippen molar-refractivity contribution in [3.8, 4) is 0 Å². The highest BCUT2D eigenvalue weighted by Gasteiger charge is 2.54. The molecule has 0 amide bonds. The summed E-state index contributed by atoms with van der Waals surface area (Å²) in [6, 6.07) is 0. The van der Waals surface area contributed by atoms with Crippen LogP contribution < -0.4 is 5.32 Å². The molecular formula is C15H21N3O. The Hall–Kier alpha value is -0.900. The molecule has 5 aliphatic rings. The molecule has 4 heteroatoms. The molecule has 1 N–H and O–H groups in total. The second-order valence-electron chi connectivity index (χ2n) is 7.51. The summed E-state index contributed by atoms with van der Waals surface area (Å²) in [6.45, 7) is 2.00. The Morgan fingerprint density at radius 1 is 1.00 bits per heavy atom. The van der Waals surface area contributed by atoms with Crippen LogP contribution in [0.15, 0.2) is 4.52 Å². The fourth-order valence-electron chi connectivity index (χ4n) is 5.46. The molecule has 4 nitrogen and oxygen atoms in total. The molecule has 102 valence electrons. The Bertz CT molecular complexity index is 470. The summed E-state index contributed by atoms with van der Waals surface area (Å²) in [4.78, 5) is 4.80. The van der Waals surface area contributed by atoms with Crippen LogP contribution in [0.4, 0.5) is 0 Å². The van der Waals surface area contributed by atoms with E-state index in [1.807, 2.05) is 0 Å². The predicted octanol–water partition coefficient (Wildman–Crippen LogP) is 2.22. The van der Waals surface area contributed by atoms with Gasteiger partial charge in [0, 0.05) is 18.5 Å². The lowest BCUT2D eigenvalue weighted by Gasteiger charge is -2.55. The van der Waals surface area contributed by atoms with Crippen LogP contribution in [-0.2, 0) is 5.41 Å². The van der Waals surface area contributed by atoms with Gasteiger partial charge in [0.05, 0.1) is 5.92 Å². The fraction of sp³-hybridized carbons (Fsp3) is 0.867. The maximum Gasteiger partial charge on any atom is 0.232 e. The van der Waals surface area contributed by atoms with Crippen molar-refractivity contribution in [1.29, 1.82) is 0 Å². The third-order valence-electron chi connectivity index (χ3n) is 6.09. The average molecular weight is 259 g/mol. The fourth-order valence-corrected chi connectivity index (χ4v) is 5.46. The third kappa shape index (κ3) is 1.49. The Morgan fingerprint density at radius 3 is 2.16 bits per heavy atom. The van der Waals surface area contributed by atoms with E-state index in [1.54, 1.807) is 0 Å².